The van der Waals surface area contributed by atoms with Gasteiger partial charge >= 0.3 is 0 Å². The zero-order valence-corrected chi connectivity index (χ0v) is 12.7. The first-order valence-corrected chi connectivity index (χ1v) is 7.60. The highest BCUT2D eigenvalue weighted by Gasteiger charge is 2.40. The lowest BCUT2D eigenvalue weighted by molar-refractivity contribution is 0.607. The topological polar surface area (TPSA) is 41.4 Å². The molecule has 1 saturated carbocycles. The second-order valence-electron chi connectivity index (χ2n) is 5.53. The van der Waals surface area contributed by atoms with Crippen molar-refractivity contribution < 1.29 is 4.39 Å². The van der Waals surface area contributed by atoms with Crippen LogP contribution in [0.1, 0.15) is 17.9 Å². The van der Waals surface area contributed by atoms with E-state index in [4.69, 9.17) is 0 Å². The molecule has 2 unspecified atom stereocenters. The molecule has 1 aliphatic rings. The number of benzene rings is 1. The Bertz CT molecular complexity index is 636. The van der Waals surface area contributed by atoms with Crippen molar-refractivity contribution in [3.63, 3.8) is 0 Å². The molecule has 1 aromatic heterocycles. The van der Waals surface area contributed by atoms with Crippen LogP contribution in [0.4, 0.5) is 4.39 Å². The van der Waals surface area contributed by atoms with Crippen molar-refractivity contribution >= 4 is 5.96 Å². The van der Waals surface area contributed by atoms with E-state index in [2.05, 4.69) is 20.2 Å². The van der Waals surface area contributed by atoms with Gasteiger partial charge in [-0.15, -0.1) is 0 Å². The van der Waals surface area contributed by atoms with Gasteiger partial charge in [-0.3, -0.25) is 4.99 Å². The Hall–Kier alpha value is -2.30. The van der Waals surface area contributed by atoms with Gasteiger partial charge in [-0.25, -0.2) is 4.39 Å². The Labute approximate surface area is 130 Å². The Morgan fingerprint density at radius 1 is 1.27 bits per heavy atom. The first kappa shape index (κ1) is 14.6. The summed E-state index contributed by atoms with van der Waals surface area (Å²) in [6.07, 6.45) is 5.01. The molecule has 1 aliphatic carbocycles. The molecule has 1 aromatic carbocycles. The van der Waals surface area contributed by atoms with Gasteiger partial charge in [0.1, 0.15) is 5.82 Å². The maximum absolute atomic E-state index is 13.8. The average molecular weight is 300 g/mol. The van der Waals surface area contributed by atoms with Gasteiger partial charge in [-0.2, -0.15) is 0 Å². The number of nitrogens with zero attached hydrogens (tertiary/aromatic N) is 2. The van der Waals surface area contributed by atoms with Crippen LogP contribution in [0.25, 0.3) is 0 Å². The zero-order valence-electron chi connectivity index (χ0n) is 12.7. The summed E-state index contributed by atoms with van der Waals surface area (Å²) in [6, 6.07) is 11.3. The summed E-state index contributed by atoms with van der Waals surface area (Å²) in [5, 5.41) is 6.65. The lowest BCUT2D eigenvalue weighted by atomic mass is 10.1. The molecule has 0 amide bonds. The van der Waals surface area contributed by atoms with E-state index in [-0.39, 0.29) is 17.8 Å². The van der Waals surface area contributed by atoms with Gasteiger partial charge < -0.3 is 15.2 Å². The Balaban J connectivity index is 1.47. The van der Waals surface area contributed by atoms with Gasteiger partial charge in [-0.05, 0) is 30.2 Å². The minimum Gasteiger partial charge on any atom is -0.355 e. The molecule has 2 aromatic rings. The van der Waals surface area contributed by atoms with E-state index in [0.29, 0.717) is 0 Å². The van der Waals surface area contributed by atoms with Crippen molar-refractivity contribution in [3.8, 4) is 0 Å². The van der Waals surface area contributed by atoms with E-state index < -0.39 is 0 Å². The summed E-state index contributed by atoms with van der Waals surface area (Å²) in [7, 11) is 1.76. The number of nitrogens with one attached hydrogen (secondary N) is 2. The summed E-state index contributed by atoms with van der Waals surface area (Å²) in [4.78, 5) is 4.23. The molecule has 116 valence electrons. The number of halogens is 1. The molecule has 0 bridgehead atoms. The SMILES string of the molecule is CN=C(NCCn1cccc1)NC1CC1c1ccccc1F. The van der Waals surface area contributed by atoms with Gasteiger partial charge in [0.2, 0.25) is 0 Å². The van der Waals surface area contributed by atoms with Crippen LogP contribution in [0, 0.1) is 5.82 Å². The predicted molar refractivity (Wildman–Crippen MR) is 86.5 cm³/mol. The maximum Gasteiger partial charge on any atom is 0.191 e. The van der Waals surface area contributed by atoms with E-state index >= 15 is 0 Å². The highest BCUT2D eigenvalue weighted by atomic mass is 19.1. The lowest BCUT2D eigenvalue weighted by Crippen LogP contribution is -2.40. The summed E-state index contributed by atoms with van der Waals surface area (Å²) in [5.74, 6) is 0.896. The average Bonchev–Trinajstić information content (AvgIpc) is 3.08. The van der Waals surface area contributed by atoms with Crippen LogP contribution < -0.4 is 10.6 Å². The van der Waals surface area contributed by atoms with E-state index in [1.165, 1.54) is 6.07 Å². The molecule has 4 nitrogen and oxygen atoms in total. The van der Waals surface area contributed by atoms with Gasteiger partial charge in [0.05, 0.1) is 0 Å². The van der Waals surface area contributed by atoms with Crippen LogP contribution in [0.3, 0.4) is 0 Å². The van der Waals surface area contributed by atoms with Crippen molar-refractivity contribution in [1.29, 1.82) is 0 Å². The van der Waals surface area contributed by atoms with Crippen molar-refractivity contribution in [2.45, 2.75) is 24.9 Å². The van der Waals surface area contributed by atoms with Crippen LogP contribution >= 0.6 is 0 Å². The summed E-state index contributed by atoms with van der Waals surface area (Å²) in [5.41, 5.74) is 0.794. The van der Waals surface area contributed by atoms with Crippen molar-refractivity contribution in [3.05, 3.63) is 60.2 Å². The van der Waals surface area contributed by atoms with Crippen LogP contribution in [-0.2, 0) is 6.54 Å². The third kappa shape index (κ3) is 3.47. The lowest BCUT2D eigenvalue weighted by Gasteiger charge is -2.12. The molecular formula is C17H21FN4. The van der Waals surface area contributed by atoms with Crippen LogP contribution in [0.5, 0.6) is 0 Å². The van der Waals surface area contributed by atoms with Crippen molar-refractivity contribution in [2.24, 2.45) is 4.99 Å². The van der Waals surface area contributed by atoms with Crippen LogP contribution in [0.15, 0.2) is 53.8 Å². The Morgan fingerprint density at radius 3 is 2.77 bits per heavy atom. The quantitative estimate of drug-likeness (QED) is 0.657. The van der Waals surface area contributed by atoms with Gasteiger partial charge in [0.15, 0.2) is 5.96 Å². The largest absolute Gasteiger partial charge is 0.355 e. The summed E-state index contributed by atoms with van der Waals surface area (Å²) in [6.45, 7) is 1.68. The molecule has 0 saturated heterocycles. The number of hydrogen-bond acceptors (Lipinski definition) is 1. The molecule has 22 heavy (non-hydrogen) atoms. The second-order valence-corrected chi connectivity index (χ2v) is 5.53. The first-order chi connectivity index (χ1) is 10.8. The Kier molecular flexibility index (Phi) is 4.42. The number of hydrogen-bond donors (Lipinski definition) is 2. The van der Waals surface area contributed by atoms with Crippen LogP contribution in [-0.4, -0.2) is 30.2 Å². The fraction of sp³-hybridized carbons (Fsp3) is 0.353. The van der Waals surface area contributed by atoms with E-state index in [1.54, 1.807) is 13.1 Å². The van der Waals surface area contributed by atoms with E-state index in [0.717, 1.165) is 31.0 Å². The molecule has 5 heteroatoms. The fourth-order valence-electron chi connectivity index (χ4n) is 2.67. The first-order valence-electron chi connectivity index (χ1n) is 7.60. The van der Waals surface area contributed by atoms with Crippen LogP contribution in [0.2, 0.25) is 0 Å². The normalized spacial score (nSPS) is 20.7. The standard InChI is InChI=1S/C17H21FN4/c1-19-17(20-8-11-22-9-4-5-10-22)21-16-12-14(16)13-6-2-3-7-15(13)18/h2-7,9-10,14,16H,8,11-12H2,1H3,(H2,19,20,21). The maximum atomic E-state index is 13.8. The van der Waals surface area contributed by atoms with Gasteiger partial charge in [0, 0.05) is 44.5 Å². The number of aliphatic imine (C=N–C) groups is 1. The highest BCUT2D eigenvalue weighted by Crippen LogP contribution is 2.41. The van der Waals surface area contributed by atoms with E-state index in [1.807, 2.05) is 36.7 Å². The van der Waals surface area contributed by atoms with Gasteiger partial charge in [-0.1, -0.05) is 18.2 Å². The molecular weight excluding hydrogens is 279 g/mol. The van der Waals surface area contributed by atoms with E-state index in [9.17, 15) is 4.39 Å². The summed E-state index contributed by atoms with van der Waals surface area (Å²) >= 11 is 0. The zero-order chi connectivity index (χ0) is 15.4. The smallest absolute Gasteiger partial charge is 0.191 e. The third-order valence-electron chi connectivity index (χ3n) is 3.97. The molecule has 0 aliphatic heterocycles. The second kappa shape index (κ2) is 6.64. The fourth-order valence-corrected chi connectivity index (χ4v) is 2.67. The molecule has 2 N–H and O–H groups in total. The molecule has 0 radical (unpaired) electrons. The summed E-state index contributed by atoms with van der Waals surface area (Å²) < 4.78 is 15.9. The predicted octanol–water partition coefficient (Wildman–Crippen LogP) is 2.35. The monoisotopic (exact) mass is 300 g/mol. The molecule has 2 atom stereocenters. The number of guanidine groups is 1. The Morgan fingerprint density at radius 2 is 2.05 bits per heavy atom. The molecule has 1 heterocycles. The van der Waals surface area contributed by atoms with Gasteiger partial charge in [0.25, 0.3) is 0 Å². The molecule has 0 spiro atoms. The molecule has 3 rings (SSSR count). The minimum atomic E-state index is -0.118. The highest BCUT2D eigenvalue weighted by molar-refractivity contribution is 5.80. The third-order valence-corrected chi connectivity index (χ3v) is 3.97. The minimum absolute atomic E-state index is 0.118. The van der Waals surface area contributed by atoms with Crippen molar-refractivity contribution in [1.82, 2.24) is 15.2 Å². The van der Waals surface area contributed by atoms with Crippen molar-refractivity contribution in [2.75, 3.05) is 13.6 Å². The number of rotatable bonds is 5. The number of aromatic nitrogens is 1. The molecule has 1 fully saturated rings.